The number of nitrogens with zero attached hydrogens (tertiary/aromatic N) is 2. The minimum Gasteiger partial charge on any atom is -0.462 e. The summed E-state index contributed by atoms with van der Waals surface area (Å²) in [4.78, 5) is 0. The van der Waals surface area contributed by atoms with Crippen molar-refractivity contribution >= 4 is 6.21 Å². The molecule has 5 nitrogen and oxygen atoms in total. The summed E-state index contributed by atoms with van der Waals surface area (Å²) >= 11 is 0. The zero-order valence-corrected chi connectivity index (χ0v) is 10.3. The monoisotopic (exact) mass is 247 g/mol. The number of allylic oxidation sites excluding steroid dienone is 2. The molecule has 0 saturated carbocycles. The third kappa shape index (κ3) is 1.85. The number of nitrogens with two attached hydrogens (primary N) is 1. The molecule has 3 atom stereocenters. The summed E-state index contributed by atoms with van der Waals surface area (Å²) in [5, 5.41) is 15.9. The fraction of sp³-hybridized carbons (Fsp3) is 0.462. The van der Waals surface area contributed by atoms with Crippen molar-refractivity contribution in [2.24, 2.45) is 16.8 Å². The van der Waals surface area contributed by atoms with Crippen LogP contribution >= 0.6 is 0 Å². The first-order valence-corrected chi connectivity index (χ1v) is 6.20. The lowest BCUT2D eigenvalue weighted by molar-refractivity contribution is -0.0666. The molecule has 0 bridgehead atoms. The van der Waals surface area contributed by atoms with Crippen LogP contribution in [0.2, 0.25) is 0 Å². The summed E-state index contributed by atoms with van der Waals surface area (Å²) in [6.07, 6.45) is 7.75. The van der Waals surface area contributed by atoms with Crippen molar-refractivity contribution in [3.63, 3.8) is 0 Å². The van der Waals surface area contributed by atoms with Gasteiger partial charge in [0.2, 0.25) is 6.29 Å². The van der Waals surface area contributed by atoms with Crippen molar-refractivity contribution in [1.82, 2.24) is 5.01 Å². The maximum Gasteiger partial charge on any atom is 0.201 e. The smallest absolute Gasteiger partial charge is 0.201 e. The van der Waals surface area contributed by atoms with Gasteiger partial charge in [-0.1, -0.05) is 18.2 Å². The summed E-state index contributed by atoms with van der Waals surface area (Å²) in [6, 6.07) is 0.0286. The van der Waals surface area contributed by atoms with Crippen molar-refractivity contribution in [1.29, 1.82) is 0 Å². The number of hydrogen-bond donors (Lipinski definition) is 2. The predicted octanol–water partition coefficient (Wildman–Crippen LogP) is 0.698. The quantitative estimate of drug-likeness (QED) is 0.753. The lowest BCUT2D eigenvalue weighted by Gasteiger charge is -2.30. The second-order valence-corrected chi connectivity index (χ2v) is 4.89. The third-order valence-corrected chi connectivity index (χ3v) is 3.19. The molecule has 3 unspecified atom stereocenters. The number of fused-ring (bicyclic) bond motifs is 2. The molecule has 0 amide bonds. The molecule has 0 spiro atoms. The van der Waals surface area contributed by atoms with E-state index in [9.17, 15) is 5.11 Å². The van der Waals surface area contributed by atoms with Crippen LogP contribution in [0, 0.1) is 5.92 Å². The van der Waals surface area contributed by atoms with Gasteiger partial charge in [0.1, 0.15) is 0 Å². The SMILES string of the molecule is CC(N)CN1N=CC2C=CC3=CCC(O)OC3=C21. The highest BCUT2D eigenvalue weighted by Gasteiger charge is 2.33. The van der Waals surface area contributed by atoms with E-state index >= 15 is 0 Å². The normalized spacial score (nSPS) is 30.8. The van der Waals surface area contributed by atoms with Gasteiger partial charge in [0.15, 0.2) is 5.76 Å². The van der Waals surface area contributed by atoms with Crippen molar-refractivity contribution < 1.29 is 9.84 Å². The maximum atomic E-state index is 9.63. The van der Waals surface area contributed by atoms with Crippen LogP contribution in [0.15, 0.2) is 40.4 Å². The number of hydrazone groups is 1. The molecule has 96 valence electrons. The number of aliphatic hydroxyl groups is 1. The first-order chi connectivity index (χ1) is 8.65. The fourth-order valence-electron chi connectivity index (χ4n) is 2.42. The van der Waals surface area contributed by atoms with E-state index in [1.54, 1.807) is 0 Å². The highest BCUT2D eigenvalue weighted by molar-refractivity contribution is 5.73. The molecule has 1 aliphatic carbocycles. The summed E-state index contributed by atoms with van der Waals surface area (Å²) in [7, 11) is 0. The van der Waals surface area contributed by atoms with Crippen LogP contribution in [-0.2, 0) is 4.74 Å². The van der Waals surface area contributed by atoms with Gasteiger partial charge in [-0.15, -0.1) is 0 Å². The number of ether oxygens (including phenoxy) is 1. The summed E-state index contributed by atoms with van der Waals surface area (Å²) in [5.74, 6) is 0.862. The van der Waals surface area contributed by atoms with Crippen LogP contribution in [0.4, 0.5) is 0 Å². The Hall–Kier alpha value is -1.59. The zero-order chi connectivity index (χ0) is 12.7. The van der Waals surface area contributed by atoms with Gasteiger partial charge in [0.25, 0.3) is 0 Å². The minimum absolute atomic E-state index is 0.0286. The van der Waals surface area contributed by atoms with Crippen molar-refractivity contribution in [3.05, 3.63) is 35.3 Å². The molecular formula is C13H17N3O2. The van der Waals surface area contributed by atoms with Gasteiger partial charge in [-0.3, -0.25) is 5.01 Å². The van der Waals surface area contributed by atoms with Crippen LogP contribution in [-0.4, -0.2) is 35.2 Å². The molecule has 2 aliphatic heterocycles. The molecule has 3 aliphatic rings. The van der Waals surface area contributed by atoms with Crippen LogP contribution in [0.3, 0.4) is 0 Å². The number of rotatable bonds is 2. The Labute approximate surface area is 106 Å². The van der Waals surface area contributed by atoms with E-state index in [1.165, 1.54) is 0 Å². The van der Waals surface area contributed by atoms with Crippen LogP contribution in [0.1, 0.15) is 13.3 Å². The molecule has 2 heterocycles. The van der Waals surface area contributed by atoms with E-state index in [2.05, 4.69) is 11.2 Å². The molecule has 0 fully saturated rings. The molecule has 0 aromatic carbocycles. The van der Waals surface area contributed by atoms with Gasteiger partial charge in [0, 0.05) is 24.3 Å². The lowest BCUT2D eigenvalue weighted by Crippen LogP contribution is -2.33. The van der Waals surface area contributed by atoms with Crippen molar-refractivity contribution in [3.8, 4) is 0 Å². The molecule has 0 radical (unpaired) electrons. The lowest BCUT2D eigenvalue weighted by atomic mass is 9.94. The van der Waals surface area contributed by atoms with E-state index in [4.69, 9.17) is 10.5 Å². The summed E-state index contributed by atoms with van der Waals surface area (Å²) in [5.41, 5.74) is 7.83. The van der Waals surface area contributed by atoms with E-state index in [-0.39, 0.29) is 12.0 Å². The Morgan fingerprint density at radius 3 is 3.28 bits per heavy atom. The predicted molar refractivity (Wildman–Crippen MR) is 68.3 cm³/mol. The van der Waals surface area contributed by atoms with Crippen molar-refractivity contribution in [2.45, 2.75) is 25.7 Å². The second-order valence-electron chi connectivity index (χ2n) is 4.89. The number of aliphatic hydroxyl groups excluding tert-OH is 1. The molecular weight excluding hydrogens is 230 g/mol. The van der Waals surface area contributed by atoms with E-state index in [0.29, 0.717) is 13.0 Å². The zero-order valence-electron chi connectivity index (χ0n) is 10.3. The average molecular weight is 247 g/mol. The molecule has 18 heavy (non-hydrogen) atoms. The molecule has 0 saturated heterocycles. The second kappa shape index (κ2) is 4.26. The highest BCUT2D eigenvalue weighted by atomic mass is 16.6. The molecule has 3 rings (SSSR count). The Bertz CT molecular complexity index is 477. The van der Waals surface area contributed by atoms with Gasteiger partial charge < -0.3 is 15.6 Å². The minimum atomic E-state index is -0.763. The third-order valence-electron chi connectivity index (χ3n) is 3.19. The Morgan fingerprint density at radius 2 is 2.50 bits per heavy atom. The van der Waals surface area contributed by atoms with Gasteiger partial charge in [0.05, 0.1) is 18.2 Å². The van der Waals surface area contributed by atoms with Gasteiger partial charge >= 0.3 is 0 Å². The van der Waals surface area contributed by atoms with E-state index < -0.39 is 6.29 Å². The van der Waals surface area contributed by atoms with E-state index in [0.717, 1.165) is 17.0 Å². The highest BCUT2D eigenvalue weighted by Crippen LogP contribution is 2.37. The van der Waals surface area contributed by atoms with Gasteiger partial charge in [-0.05, 0) is 6.92 Å². The maximum absolute atomic E-state index is 9.63. The molecule has 3 N–H and O–H groups in total. The largest absolute Gasteiger partial charge is 0.462 e. The Kier molecular flexibility index (Phi) is 2.72. The standard InChI is InChI=1S/C13H17N3O2/c1-8(14)7-16-12-10(6-15-16)3-2-9-4-5-11(17)18-13(9)12/h2-4,6,8,10-11,17H,5,7,14H2,1H3. The topological polar surface area (TPSA) is 71.1 Å². The molecule has 0 aromatic rings. The first kappa shape index (κ1) is 11.5. The summed E-state index contributed by atoms with van der Waals surface area (Å²) < 4.78 is 5.57. The fourth-order valence-corrected chi connectivity index (χ4v) is 2.42. The summed E-state index contributed by atoms with van der Waals surface area (Å²) in [6.45, 7) is 2.59. The Morgan fingerprint density at radius 1 is 1.67 bits per heavy atom. The van der Waals surface area contributed by atoms with Gasteiger partial charge in [-0.25, -0.2) is 0 Å². The van der Waals surface area contributed by atoms with E-state index in [1.807, 2.05) is 30.3 Å². The van der Waals surface area contributed by atoms with Crippen LogP contribution < -0.4 is 5.73 Å². The first-order valence-electron chi connectivity index (χ1n) is 6.20. The van der Waals surface area contributed by atoms with Gasteiger partial charge in [-0.2, -0.15) is 5.10 Å². The number of hydrogen-bond acceptors (Lipinski definition) is 5. The Balaban J connectivity index is 1.98. The average Bonchev–Trinajstić information content (AvgIpc) is 2.72. The van der Waals surface area contributed by atoms with Crippen molar-refractivity contribution in [2.75, 3.05) is 6.54 Å². The van der Waals surface area contributed by atoms with Crippen LogP contribution in [0.5, 0.6) is 0 Å². The molecule has 0 aromatic heterocycles. The molecule has 5 heteroatoms. The van der Waals surface area contributed by atoms with Crippen LogP contribution in [0.25, 0.3) is 0 Å².